The summed E-state index contributed by atoms with van der Waals surface area (Å²) in [5.41, 5.74) is 2.05. The van der Waals surface area contributed by atoms with E-state index in [-0.39, 0.29) is 18.6 Å². The molecule has 2 aromatic carbocycles. The standard InChI is InChI=1S/C19H21NO3/c1-15-7-9-18(10-8-15)23-14-19(21)20(17-11-12-22-13-17)16-5-3-2-4-6-16/h2-10,17H,11-14H2,1H3. The van der Waals surface area contributed by atoms with Crippen LogP contribution in [0.3, 0.4) is 0 Å². The van der Waals surface area contributed by atoms with Gasteiger partial charge in [-0.25, -0.2) is 0 Å². The van der Waals surface area contributed by atoms with Crippen molar-refractivity contribution < 1.29 is 14.3 Å². The van der Waals surface area contributed by atoms with Crippen LogP contribution in [-0.4, -0.2) is 31.8 Å². The predicted molar refractivity (Wildman–Crippen MR) is 89.8 cm³/mol. The molecule has 1 saturated heterocycles. The van der Waals surface area contributed by atoms with E-state index >= 15 is 0 Å². The van der Waals surface area contributed by atoms with Gasteiger partial charge in [0.15, 0.2) is 6.61 Å². The molecule has 0 saturated carbocycles. The molecular formula is C19H21NO3. The van der Waals surface area contributed by atoms with Gasteiger partial charge in [0, 0.05) is 12.3 Å². The predicted octanol–water partition coefficient (Wildman–Crippen LogP) is 3.20. The molecule has 1 fully saturated rings. The number of rotatable bonds is 5. The first-order valence-corrected chi connectivity index (χ1v) is 7.88. The van der Waals surface area contributed by atoms with E-state index in [0.29, 0.717) is 19.0 Å². The summed E-state index contributed by atoms with van der Waals surface area (Å²) in [6, 6.07) is 17.5. The third-order valence-corrected chi connectivity index (χ3v) is 3.96. The number of para-hydroxylation sites is 1. The first-order valence-electron chi connectivity index (χ1n) is 7.88. The number of nitrogens with zero attached hydrogens (tertiary/aromatic N) is 1. The van der Waals surface area contributed by atoms with Crippen molar-refractivity contribution in [3.05, 3.63) is 60.2 Å². The molecule has 120 valence electrons. The third kappa shape index (κ3) is 3.90. The van der Waals surface area contributed by atoms with Gasteiger partial charge < -0.3 is 14.4 Å². The molecule has 0 radical (unpaired) electrons. The van der Waals surface area contributed by atoms with E-state index in [9.17, 15) is 4.79 Å². The Morgan fingerprint density at radius 1 is 1.17 bits per heavy atom. The largest absolute Gasteiger partial charge is 0.484 e. The minimum atomic E-state index is -0.0488. The van der Waals surface area contributed by atoms with Gasteiger partial charge in [0.05, 0.1) is 12.6 Å². The molecule has 23 heavy (non-hydrogen) atoms. The fourth-order valence-electron chi connectivity index (χ4n) is 2.72. The van der Waals surface area contributed by atoms with E-state index in [1.165, 1.54) is 0 Å². The zero-order valence-corrected chi connectivity index (χ0v) is 13.3. The van der Waals surface area contributed by atoms with E-state index in [1.807, 2.05) is 61.5 Å². The van der Waals surface area contributed by atoms with E-state index in [0.717, 1.165) is 17.7 Å². The molecule has 0 aliphatic carbocycles. The Bertz CT molecular complexity index is 633. The number of amides is 1. The number of carbonyl (C=O) groups is 1. The molecule has 4 heteroatoms. The maximum atomic E-state index is 12.7. The van der Waals surface area contributed by atoms with Crippen LogP contribution in [0.15, 0.2) is 54.6 Å². The van der Waals surface area contributed by atoms with Crippen LogP contribution in [0.2, 0.25) is 0 Å². The molecule has 4 nitrogen and oxygen atoms in total. The zero-order valence-electron chi connectivity index (χ0n) is 13.3. The van der Waals surface area contributed by atoms with Gasteiger partial charge in [0.1, 0.15) is 5.75 Å². The lowest BCUT2D eigenvalue weighted by molar-refractivity contribution is -0.121. The van der Waals surface area contributed by atoms with Gasteiger partial charge in [-0.05, 0) is 37.6 Å². The Kier molecular flexibility index (Phi) is 4.93. The van der Waals surface area contributed by atoms with Crippen molar-refractivity contribution in [2.24, 2.45) is 0 Å². The Labute approximate surface area is 136 Å². The van der Waals surface area contributed by atoms with E-state index in [4.69, 9.17) is 9.47 Å². The second kappa shape index (κ2) is 7.29. The maximum absolute atomic E-state index is 12.7. The van der Waals surface area contributed by atoms with Crippen LogP contribution < -0.4 is 9.64 Å². The molecule has 1 aliphatic rings. The normalized spacial score (nSPS) is 17.0. The average Bonchev–Trinajstić information content (AvgIpc) is 3.10. The average molecular weight is 311 g/mol. The minimum absolute atomic E-state index is 0.0223. The molecule has 0 bridgehead atoms. The number of ether oxygens (including phenoxy) is 2. The Hall–Kier alpha value is -2.33. The van der Waals surface area contributed by atoms with Gasteiger partial charge in [0.2, 0.25) is 0 Å². The van der Waals surface area contributed by atoms with Gasteiger partial charge in [0.25, 0.3) is 5.91 Å². The monoisotopic (exact) mass is 311 g/mol. The van der Waals surface area contributed by atoms with Crippen molar-refractivity contribution in [1.82, 2.24) is 0 Å². The van der Waals surface area contributed by atoms with Crippen LogP contribution in [0.1, 0.15) is 12.0 Å². The van der Waals surface area contributed by atoms with Crippen LogP contribution in [-0.2, 0) is 9.53 Å². The molecule has 1 atom stereocenters. The Morgan fingerprint density at radius 2 is 1.91 bits per heavy atom. The van der Waals surface area contributed by atoms with E-state index in [2.05, 4.69) is 0 Å². The van der Waals surface area contributed by atoms with Crippen LogP contribution in [0.4, 0.5) is 5.69 Å². The minimum Gasteiger partial charge on any atom is -0.484 e. The molecule has 1 unspecified atom stereocenters. The second-order valence-corrected chi connectivity index (χ2v) is 5.72. The summed E-state index contributed by atoms with van der Waals surface area (Å²) in [6.07, 6.45) is 0.852. The highest BCUT2D eigenvalue weighted by atomic mass is 16.5. The van der Waals surface area contributed by atoms with Crippen molar-refractivity contribution in [1.29, 1.82) is 0 Å². The summed E-state index contributed by atoms with van der Waals surface area (Å²) in [4.78, 5) is 14.5. The second-order valence-electron chi connectivity index (χ2n) is 5.72. The van der Waals surface area contributed by atoms with Crippen molar-refractivity contribution in [3.63, 3.8) is 0 Å². The van der Waals surface area contributed by atoms with Crippen molar-refractivity contribution in [3.8, 4) is 5.75 Å². The molecule has 0 N–H and O–H groups in total. The highest BCUT2D eigenvalue weighted by Crippen LogP contribution is 2.22. The fourth-order valence-corrected chi connectivity index (χ4v) is 2.72. The lowest BCUT2D eigenvalue weighted by atomic mass is 10.2. The summed E-state index contributed by atoms with van der Waals surface area (Å²) < 4.78 is 11.1. The van der Waals surface area contributed by atoms with Crippen LogP contribution >= 0.6 is 0 Å². The summed E-state index contributed by atoms with van der Waals surface area (Å²) in [7, 11) is 0. The molecule has 3 rings (SSSR count). The highest BCUT2D eigenvalue weighted by Gasteiger charge is 2.28. The Morgan fingerprint density at radius 3 is 2.57 bits per heavy atom. The number of anilines is 1. The number of hydrogen-bond donors (Lipinski definition) is 0. The first-order chi connectivity index (χ1) is 11.2. The van der Waals surface area contributed by atoms with Crippen LogP contribution in [0.5, 0.6) is 5.75 Å². The van der Waals surface area contributed by atoms with Crippen LogP contribution in [0.25, 0.3) is 0 Å². The smallest absolute Gasteiger partial charge is 0.265 e. The summed E-state index contributed by atoms with van der Waals surface area (Å²) in [6.45, 7) is 3.31. The van der Waals surface area contributed by atoms with E-state index < -0.39 is 0 Å². The fraction of sp³-hybridized carbons (Fsp3) is 0.316. The number of hydrogen-bond acceptors (Lipinski definition) is 3. The number of benzene rings is 2. The molecule has 0 spiro atoms. The van der Waals surface area contributed by atoms with Gasteiger partial charge in [-0.1, -0.05) is 35.9 Å². The van der Waals surface area contributed by atoms with Crippen molar-refractivity contribution in [2.75, 3.05) is 24.7 Å². The molecule has 1 heterocycles. The molecule has 2 aromatic rings. The van der Waals surface area contributed by atoms with Gasteiger partial charge in [-0.15, -0.1) is 0 Å². The molecule has 1 aliphatic heterocycles. The summed E-state index contributed by atoms with van der Waals surface area (Å²) >= 11 is 0. The summed E-state index contributed by atoms with van der Waals surface area (Å²) in [5, 5.41) is 0. The van der Waals surface area contributed by atoms with Crippen LogP contribution in [0, 0.1) is 6.92 Å². The SMILES string of the molecule is Cc1ccc(OCC(=O)N(c2ccccc2)C2CCOC2)cc1. The number of aryl methyl sites for hydroxylation is 1. The van der Waals surface area contributed by atoms with E-state index in [1.54, 1.807) is 4.90 Å². The van der Waals surface area contributed by atoms with Crippen molar-refractivity contribution >= 4 is 11.6 Å². The quantitative estimate of drug-likeness (QED) is 0.851. The maximum Gasteiger partial charge on any atom is 0.265 e. The summed E-state index contributed by atoms with van der Waals surface area (Å²) in [5.74, 6) is 0.659. The first kappa shape index (κ1) is 15.6. The van der Waals surface area contributed by atoms with Gasteiger partial charge in [-0.2, -0.15) is 0 Å². The lowest BCUT2D eigenvalue weighted by Gasteiger charge is -2.28. The highest BCUT2D eigenvalue weighted by molar-refractivity contribution is 5.95. The van der Waals surface area contributed by atoms with Gasteiger partial charge >= 0.3 is 0 Å². The lowest BCUT2D eigenvalue weighted by Crippen LogP contribution is -2.43. The molecular weight excluding hydrogens is 290 g/mol. The molecule has 0 aromatic heterocycles. The molecule has 1 amide bonds. The zero-order chi connectivity index (χ0) is 16.1. The topological polar surface area (TPSA) is 38.8 Å². The van der Waals surface area contributed by atoms with Crippen molar-refractivity contribution in [2.45, 2.75) is 19.4 Å². The Balaban J connectivity index is 1.71. The number of carbonyl (C=O) groups excluding carboxylic acids is 1. The third-order valence-electron chi connectivity index (χ3n) is 3.96. The van der Waals surface area contributed by atoms with Gasteiger partial charge in [-0.3, -0.25) is 4.79 Å².